The van der Waals surface area contributed by atoms with Crippen molar-refractivity contribution in [2.75, 3.05) is 20.2 Å². The van der Waals surface area contributed by atoms with Crippen molar-refractivity contribution in [3.05, 3.63) is 66.5 Å². The van der Waals surface area contributed by atoms with Crippen LogP contribution in [0.25, 0.3) is 22.4 Å². The SMILES string of the molecule is COc1ccccc1-c1ccnc(C2CCN(C(=O)c3ccc4[nH]cnc4n3)CC2)n1. The van der Waals surface area contributed by atoms with Gasteiger partial charge in [0, 0.05) is 30.8 Å². The monoisotopic (exact) mass is 414 g/mol. The molecule has 0 atom stereocenters. The predicted octanol–water partition coefficient (Wildman–Crippen LogP) is 3.44. The van der Waals surface area contributed by atoms with Crippen LogP contribution in [0.4, 0.5) is 0 Å². The van der Waals surface area contributed by atoms with E-state index < -0.39 is 0 Å². The Morgan fingerprint density at radius 1 is 1.06 bits per heavy atom. The number of fused-ring (bicyclic) bond motifs is 1. The molecule has 1 aliphatic rings. The number of ether oxygens (including phenoxy) is 1. The number of aromatic amines is 1. The minimum Gasteiger partial charge on any atom is -0.496 e. The number of benzene rings is 1. The molecule has 5 rings (SSSR count). The third-order valence-corrected chi connectivity index (χ3v) is 5.71. The number of aromatic nitrogens is 5. The highest BCUT2D eigenvalue weighted by atomic mass is 16.5. The van der Waals surface area contributed by atoms with E-state index in [9.17, 15) is 4.79 Å². The van der Waals surface area contributed by atoms with Gasteiger partial charge in [-0.1, -0.05) is 12.1 Å². The van der Waals surface area contributed by atoms with Gasteiger partial charge in [0.15, 0.2) is 5.65 Å². The largest absolute Gasteiger partial charge is 0.496 e. The summed E-state index contributed by atoms with van der Waals surface area (Å²) in [5, 5.41) is 0. The molecule has 1 saturated heterocycles. The smallest absolute Gasteiger partial charge is 0.272 e. The van der Waals surface area contributed by atoms with Crippen molar-refractivity contribution < 1.29 is 9.53 Å². The normalized spacial score (nSPS) is 14.7. The molecule has 3 aromatic heterocycles. The minimum absolute atomic E-state index is 0.0629. The highest BCUT2D eigenvalue weighted by Gasteiger charge is 2.27. The quantitative estimate of drug-likeness (QED) is 0.549. The zero-order chi connectivity index (χ0) is 21.2. The Labute approximate surface area is 179 Å². The first-order chi connectivity index (χ1) is 15.2. The summed E-state index contributed by atoms with van der Waals surface area (Å²) in [6.07, 6.45) is 5.00. The van der Waals surface area contributed by atoms with Crippen LogP contribution in [-0.2, 0) is 0 Å². The van der Waals surface area contributed by atoms with Crippen molar-refractivity contribution in [1.29, 1.82) is 0 Å². The van der Waals surface area contributed by atoms with Crippen molar-refractivity contribution in [2.24, 2.45) is 0 Å². The zero-order valence-electron chi connectivity index (χ0n) is 17.2. The number of pyridine rings is 1. The van der Waals surface area contributed by atoms with Gasteiger partial charge in [-0.15, -0.1) is 0 Å². The van der Waals surface area contributed by atoms with Gasteiger partial charge in [0.05, 0.1) is 24.6 Å². The van der Waals surface area contributed by atoms with Crippen LogP contribution in [0, 0.1) is 0 Å². The number of nitrogens with one attached hydrogen (secondary N) is 1. The average molecular weight is 414 g/mol. The molecule has 4 heterocycles. The van der Waals surface area contributed by atoms with Crippen molar-refractivity contribution in [2.45, 2.75) is 18.8 Å². The van der Waals surface area contributed by atoms with E-state index in [1.165, 1.54) is 0 Å². The average Bonchev–Trinajstić information content (AvgIpc) is 3.32. The molecule has 8 nitrogen and oxygen atoms in total. The molecule has 0 radical (unpaired) electrons. The summed E-state index contributed by atoms with van der Waals surface area (Å²) in [6.45, 7) is 1.29. The number of nitrogens with zero attached hydrogens (tertiary/aromatic N) is 5. The van der Waals surface area contributed by atoms with Crippen molar-refractivity contribution in [3.63, 3.8) is 0 Å². The van der Waals surface area contributed by atoms with Gasteiger partial charge in [-0.3, -0.25) is 4.79 Å². The van der Waals surface area contributed by atoms with Gasteiger partial charge < -0.3 is 14.6 Å². The molecule has 0 unspecified atom stereocenters. The van der Waals surface area contributed by atoms with Crippen LogP contribution >= 0.6 is 0 Å². The first kappa shape index (κ1) is 19.2. The van der Waals surface area contributed by atoms with Crippen molar-refractivity contribution in [3.8, 4) is 17.0 Å². The third-order valence-electron chi connectivity index (χ3n) is 5.71. The molecule has 1 N–H and O–H groups in total. The fourth-order valence-corrected chi connectivity index (χ4v) is 4.02. The van der Waals surface area contributed by atoms with E-state index in [1.54, 1.807) is 25.7 Å². The number of H-pyrrole nitrogens is 1. The molecule has 8 heteroatoms. The van der Waals surface area contributed by atoms with Crippen molar-refractivity contribution in [1.82, 2.24) is 29.8 Å². The standard InChI is InChI=1S/C23H22N6O2/c1-31-20-5-3-2-4-16(20)17-8-11-24-21(27-17)15-9-12-29(13-10-15)23(30)19-7-6-18-22(28-19)26-14-25-18/h2-8,11,14-15H,9-10,12-13H2,1H3,(H,25,26,28). The van der Waals surface area contributed by atoms with E-state index in [0.717, 1.165) is 41.2 Å². The van der Waals surface area contributed by atoms with E-state index in [1.807, 2.05) is 41.3 Å². The van der Waals surface area contributed by atoms with Gasteiger partial charge in [-0.05, 0) is 43.2 Å². The van der Waals surface area contributed by atoms with Crippen LogP contribution in [-0.4, -0.2) is 55.9 Å². The molecule has 0 spiro atoms. The summed E-state index contributed by atoms with van der Waals surface area (Å²) >= 11 is 0. The molecule has 0 saturated carbocycles. The molecule has 0 aliphatic carbocycles. The second-order valence-electron chi connectivity index (χ2n) is 7.54. The summed E-state index contributed by atoms with van der Waals surface area (Å²) in [7, 11) is 1.66. The van der Waals surface area contributed by atoms with Gasteiger partial charge in [-0.25, -0.2) is 19.9 Å². The maximum atomic E-state index is 12.9. The number of piperidine rings is 1. The fourth-order valence-electron chi connectivity index (χ4n) is 4.02. The fraction of sp³-hybridized carbons (Fsp3) is 0.261. The summed E-state index contributed by atoms with van der Waals surface area (Å²) in [5.74, 6) is 1.74. The summed E-state index contributed by atoms with van der Waals surface area (Å²) in [5.41, 5.74) is 3.59. The van der Waals surface area contributed by atoms with Crippen LogP contribution in [0.3, 0.4) is 0 Å². The van der Waals surface area contributed by atoms with E-state index >= 15 is 0 Å². The number of carbonyl (C=O) groups excluding carboxylic acids is 1. The molecule has 1 amide bonds. The molecule has 31 heavy (non-hydrogen) atoms. The van der Waals surface area contributed by atoms with E-state index in [0.29, 0.717) is 24.4 Å². The number of imidazole rings is 1. The van der Waals surface area contributed by atoms with Gasteiger partial charge in [0.25, 0.3) is 5.91 Å². The lowest BCUT2D eigenvalue weighted by Crippen LogP contribution is -2.38. The Bertz CT molecular complexity index is 1230. The van der Waals surface area contributed by atoms with Gasteiger partial charge in [0.1, 0.15) is 17.3 Å². The van der Waals surface area contributed by atoms with Crippen LogP contribution in [0.1, 0.15) is 35.1 Å². The number of hydrogen-bond donors (Lipinski definition) is 1. The Morgan fingerprint density at radius 3 is 2.74 bits per heavy atom. The third kappa shape index (κ3) is 3.72. The van der Waals surface area contributed by atoms with Crippen LogP contribution in [0.2, 0.25) is 0 Å². The Morgan fingerprint density at radius 2 is 1.90 bits per heavy atom. The van der Waals surface area contributed by atoms with Crippen LogP contribution in [0.15, 0.2) is 55.0 Å². The first-order valence-electron chi connectivity index (χ1n) is 10.3. The lowest BCUT2D eigenvalue weighted by atomic mass is 9.95. The maximum Gasteiger partial charge on any atom is 0.272 e. The topological polar surface area (TPSA) is 96.9 Å². The molecule has 156 valence electrons. The van der Waals surface area contributed by atoms with Crippen LogP contribution < -0.4 is 4.74 Å². The molecule has 1 fully saturated rings. The summed E-state index contributed by atoms with van der Waals surface area (Å²) in [4.78, 5) is 35.6. The lowest BCUT2D eigenvalue weighted by Gasteiger charge is -2.31. The molecular weight excluding hydrogens is 392 g/mol. The number of methoxy groups -OCH3 is 1. The second-order valence-corrected chi connectivity index (χ2v) is 7.54. The van der Waals surface area contributed by atoms with E-state index in [-0.39, 0.29) is 11.8 Å². The Hall–Kier alpha value is -3.81. The van der Waals surface area contributed by atoms with Gasteiger partial charge >= 0.3 is 0 Å². The Balaban J connectivity index is 1.30. The number of carbonyl (C=O) groups is 1. The molecule has 0 bridgehead atoms. The molecule has 1 aromatic carbocycles. The van der Waals surface area contributed by atoms with E-state index in [4.69, 9.17) is 9.72 Å². The Kier molecular flexibility index (Phi) is 5.03. The molecule has 1 aliphatic heterocycles. The highest BCUT2D eigenvalue weighted by molar-refractivity contribution is 5.94. The van der Waals surface area contributed by atoms with E-state index in [2.05, 4.69) is 19.9 Å². The number of para-hydroxylation sites is 1. The lowest BCUT2D eigenvalue weighted by molar-refractivity contribution is 0.0705. The zero-order valence-corrected chi connectivity index (χ0v) is 17.2. The molecule has 4 aromatic rings. The number of hydrogen-bond acceptors (Lipinski definition) is 6. The number of amides is 1. The maximum absolute atomic E-state index is 12.9. The number of rotatable bonds is 4. The van der Waals surface area contributed by atoms with Gasteiger partial charge in [-0.2, -0.15) is 0 Å². The number of likely N-dealkylation sites (tertiary alicyclic amines) is 1. The predicted molar refractivity (Wildman–Crippen MR) is 116 cm³/mol. The van der Waals surface area contributed by atoms with Crippen molar-refractivity contribution >= 4 is 17.1 Å². The summed E-state index contributed by atoms with van der Waals surface area (Å²) in [6, 6.07) is 13.3. The van der Waals surface area contributed by atoms with Crippen LogP contribution in [0.5, 0.6) is 5.75 Å². The first-order valence-corrected chi connectivity index (χ1v) is 10.3. The summed E-state index contributed by atoms with van der Waals surface area (Å²) < 4.78 is 5.47. The second kappa shape index (κ2) is 8.14. The highest BCUT2D eigenvalue weighted by Crippen LogP contribution is 2.31. The van der Waals surface area contributed by atoms with Gasteiger partial charge in [0.2, 0.25) is 0 Å². The molecular formula is C23H22N6O2. The minimum atomic E-state index is -0.0629.